The number of fused-ring (bicyclic) bond motifs is 2. The zero-order chi connectivity index (χ0) is 30.2. The third-order valence-electron chi connectivity index (χ3n) is 7.66. The Labute approximate surface area is 244 Å². The van der Waals surface area contributed by atoms with Gasteiger partial charge in [0.1, 0.15) is 18.0 Å². The maximum absolute atomic E-state index is 13.9. The molecule has 2 bridgehead atoms. The summed E-state index contributed by atoms with van der Waals surface area (Å²) in [5, 5.41) is 16.3. The van der Waals surface area contributed by atoms with Gasteiger partial charge in [0.15, 0.2) is 27.3 Å². The molecule has 3 aromatic rings. The van der Waals surface area contributed by atoms with Gasteiger partial charge in [-0.05, 0) is 73.4 Å². The molecule has 2 aliphatic rings. The van der Waals surface area contributed by atoms with E-state index < -0.39 is 61.7 Å². The maximum atomic E-state index is 13.9. The summed E-state index contributed by atoms with van der Waals surface area (Å²) < 4.78 is 81.5. The molecule has 2 saturated carbocycles. The summed E-state index contributed by atoms with van der Waals surface area (Å²) in [7, 11) is -4.10. The number of nitrogens with zero attached hydrogens (tertiary/aromatic N) is 1. The van der Waals surface area contributed by atoms with Crippen molar-refractivity contribution >= 4 is 39.2 Å². The molecule has 5 rings (SSSR count). The second kappa shape index (κ2) is 11.7. The molecule has 13 heteroatoms. The number of carbonyl (C=O) groups is 1. The van der Waals surface area contributed by atoms with Gasteiger partial charge in [0.25, 0.3) is 5.91 Å². The molecular weight excluding hydrogens is 600 g/mol. The van der Waals surface area contributed by atoms with E-state index in [1.54, 1.807) is 6.07 Å². The lowest BCUT2D eigenvalue weighted by Gasteiger charge is -2.38. The predicted molar refractivity (Wildman–Crippen MR) is 147 cm³/mol. The Balaban J connectivity index is 1.30. The summed E-state index contributed by atoms with van der Waals surface area (Å²) in [6.07, 6.45) is 2.52. The molecule has 0 spiro atoms. The molecule has 7 nitrogen and oxygen atoms in total. The fourth-order valence-corrected chi connectivity index (χ4v) is 8.74. The molecule has 0 radical (unpaired) electrons. The smallest absolute Gasteiger partial charge is 0.255 e. The summed E-state index contributed by atoms with van der Waals surface area (Å²) in [6.45, 7) is -0.0122. The van der Waals surface area contributed by atoms with Crippen LogP contribution in [0.15, 0.2) is 64.6 Å². The minimum atomic E-state index is -4.10. The maximum Gasteiger partial charge on any atom is 0.255 e. The number of halogens is 5. The summed E-state index contributed by atoms with van der Waals surface area (Å²) in [5.74, 6) is -6.87. The lowest BCUT2D eigenvalue weighted by molar-refractivity contribution is 0.0410. The Bertz CT molecular complexity index is 1630. The van der Waals surface area contributed by atoms with Crippen molar-refractivity contribution in [3.05, 3.63) is 94.0 Å². The molecular formula is C29H25ClF4N2O5S. The lowest BCUT2D eigenvalue weighted by Crippen LogP contribution is -2.47. The molecule has 2 aliphatic carbocycles. The lowest BCUT2D eigenvalue weighted by atomic mass is 9.78. The van der Waals surface area contributed by atoms with Crippen LogP contribution in [0.1, 0.15) is 41.6 Å². The Hall–Kier alpha value is -3.48. The first-order valence-electron chi connectivity index (χ1n) is 13.0. The number of hydrogen-bond acceptors (Lipinski definition) is 6. The van der Waals surface area contributed by atoms with Crippen molar-refractivity contribution in [2.24, 2.45) is 17.0 Å². The largest absolute Gasteiger partial charge is 0.391 e. The van der Waals surface area contributed by atoms with Gasteiger partial charge >= 0.3 is 0 Å². The van der Waals surface area contributed by atoms with Crippen LogP contribution in [0.3, 0.4) is 0 Å². The van der Waals surface area contributed by atoms with Crippen LogP contribution < -0.4 is 5.32 Å². The molecule has 0 saturated heterocycles. The van der Waals surface area contributed by atoms with E-state index in [2.05, 4.69) is 10.5 Å². The topological polar surface area (TPSA) is 105 Å². The second-order valence-corrected chi connectivity index (χ2v) is 13.1. The van der Waals surface area contributed by atoms with Gasteiger partial charge in [-0.2, -0.15) is 0 Å². The quantitative estimate of drug-likeness (QED) is 0.138. The Morgan fingerprint density at radius 3 is 2.36 bits per heavy atom. The molecule has 0 aliphatic heterocycles. The number of hydrogen-bond donors (Lipinski definition) is 2. The molecule has 42 heavy (non-hydrogen) atoms. The van der Waals surface area contributed by atoms with Crippen LogP contribution in [0.5, 0.6) is 0 Å². The number of benzene rings is 3. The van der Waals surface area contributed by atoms with Crippen molar-refractivity contribution in [3.8, 4) is 0 Å². The van der Waals surface area contributed by atoms with Crippen LogP contribution >= 0.6 is 11.6 Å². The molecule has 0 aromatic heterocycles. The van der Waals surface area contributed by atoms with Gasteiger partial charge in [0.2, 0.25) is 0 Å². The summed E-state index contributed by atoms with van der Waals surface area (Å²) in [5.41, 5.74) is -1.36. The summed E-state index contributed by atoms with van der Waals surface area (Å²) in [6, 6.07) is 10.6. The summed E-state index contributed by atoms with van der Waals surface area (Å²) >= 11 is 6.28. The molecule has 222 valence electrons. The van der Waals surface area contributed by atoms with Crippen molar-refractivity contribution in [3.63, 3.8) is 0 Å². The molecule has 4 atom stereocenters. The molecule has 2 fully saturated rings. The Morgan fingerprint density at radius 2 is 1.71 bits per heavy atom. The second-order valence-electron chi connectivity index (χ2n) is 10.6. The van der Waals surface area contributed by atoms with Crippen molar-refractivity contribution in [1.29, 1.82) is 0 Å². The van der Waals surface area contributed by atoms with E-state index in [1.165, 1.54) is 36.5 Å². The van der Waals surface area contributed by atoms with E-state index in [1.807, 2.05) is 0 Å². The van der Waals surface area contributed by atoms with E-state index in [4.69, 9.17) is 16.4 Å². The van der Waals surface area contributed by atoms with Crippen molar-refractivity contribution in [2.75, 3.05) is 5.32 Å². The predicted octanol–water partition coefficient (Wildman–Crippen LogP) is 6.04. The normalized spacial score (nSPS) is 23.7. The highest BCUT2D eigenvalue weighted by molar-refractivity contribution is 7.92. The number of oxime groups is 1. The fourth-order valence-electron chi connectivity index (χ4n) is 5.90. The average Bonchev–Trinajstić information content (AvgIpc) is 3.23. The van der Waals surface area contributed by atoms with Gasteiger partial charge in [-0.3, -0.25) is 4.79 Å². The minimum absolute atomic E-state index is 0.0122. The standard InChI is InChI=1S/C29H25ClF4N2O5S/c30-22-7-6-17(28(37)36-21-10-23(32)26(34)24(33)11-21)9-25(22)42(39,40)27-18-4-5-19(27)13-29(38,12-18)15-35-41-14-16-2-1-3-20(31)8-16/h1-3,6-11,15,18-19,27,38H,4-5,12-14H2,(H,36,37)/b35-15+/t18-,19?,27?,29?/m0/s1. The van der Waals surface area contributed by atoms with Gasteiger partial charge < -0.3 is 15.3 Å². The third kappa shape index (κ3) is 6.16. The highest BCUT2D eigenvalue weighted by Gasteiger charge is 2.54. The number of carbonyl (C=O) groups excluding carboxylic acids is 1. The first-order chi connectivity index (χ1) is 19.9. The fraction of sp³-hybridized carbons (Fsp3) is 0.310. The van der Waals surface area contributed by atoms with Crippen LogP contribution in [0.25, 0.3) is 0 Å². The van der Waals surface area contributed by atoms with Gasteiger partial charge in [-0.1, -0.05) is 28.9 Å². The van der Waals surface area contributed by atoms with E-state index in [0.29, 0.717) is 30.5 Å². The minimum Gasteiger partial charge on any atom is -0.391 e. The van der Waals surface area contributed by atoms with Gasteiger partial charge in [0, 0.05) is 23.4 Å². The van der Waals surface area contributed by atoms with Crippen molar-refractivity contribution < 1.29 is 40.7 Å². The monoisotopic (exact) mass is 624 g/mol. The summed E-state index contributed by atoms with van der Waals surface area (Å²) in [4.78, 5) is 17.7. The number of amides is 1. The zero-order valence-corrected chi connectivity index (χ0v) is 23.4. The van der Waals surface area contributed by atoms with Crippen LogP contribution in [0.2, 0.25) is 5.02 Å². The number of anilines is 1. The number of rotatable bonds is 8. The van der Waals surface area contributed by atoms with Crippen molar-refractivity contribution in [2.45, 2.75) is 48.0 Å². The Kier molecular flexibility index (Phi) is 8.32. The molecule has 2 N–H and O–H groups in total. The van der Waals surface area contributed by atoms with Gasteiger partial charge in [-0.15, -0.1) is 0 Å². The zero-order valence-electron chi connectivity index (χ0n) is 21.9. The highest BCUT2D eigenvalue weighted by atomic mass is 35.5. The number of nitrogens with one attached hydrogen (secondary N) is 1. The number of aliphatic hydroxyl groups is 1. The SMILES string of the molecule is O=C(Nc1cc(F)c(F)c(F)c1)c1ccc(Cl)c(S(=O)(=O)C2C3CC[C@H]2CC(O)(/C=N/OCc2cccc(F)c2)C3)c1. The molecule has 3 unspecified atom stereocenters. The average molecular weight is 625 g/mol. The molecule has 0 heterocycles. The van der Waals surface area contributed by atoms with Crippen molar-refractivity contribution in [1.82, 2.24) is 0 Å². The molecule has 1 amide bonds. The van der Waals surface area contributed by atoms with E-state index in [0.717, 1.165) is 6.07 Å². The van der Waals surface area contributed by atoms with Crippen LogP contribution in [0, 0.1) is 35.1 Å². The van der Waals surface area contributed by atoms with Crippen LogP contribution in [-0.4, -0.2) is 36.5 Å². The number of sulfone groups is 1. The first kappa shape index (κ1) is 30.0. The van der Waals surface area contributed by atoms with Gasteiger partial charge in [0.05, 0.1) is 21.4 Å². The Morgan fingerprint density at radius 1 is 1.05 bits per heavy atom. The third-order valence-corrected chi connectivity index (χ3v) is 10.5. The highest BCUT2D eigenvalue weighted by Crippen LogP contribution is 2.51. The first-order valence-corrected chi connectivity index (χ1v) is 14.9. The van der Waals surface area contributed by atoms with Crippen LogP contribution in [-0.2, 0) is 21.3 Å². The van der Waals surface area contributed by atoms with Crippen LogP contribution in [0.4, 0.5) is 23.2 Å². The van der Waals surface area contributed by atoms with E-state index in [-0.39, 0.29) is 40.6 Å². The van der Waals surface area contributed by atoms with Gasteiger partial charge in [-0.25, -0.2) is 26.0 Å². The molecule has 3 aromatic carbocycles. The van der Waals surface area contributed by atoms with E-state index >= 15 is 0 Å². The van der Waals surface area contributed by atoms with E-state index in [9.17, 15) is 35.9 Å².